The maximum atomic E-state index is 13.4. The molecule has 1 aromatic rings. The molecular formula is C29H33F2N3O3. The van der Waals surface area contributed by atoms with Gasteiger partial charge in [0, 0.05) is 41.5 Å². The predicted molar refractivity (Wildman–Crippen MR) is 142 cm³/mol. The fourth-order valence-electron chi connectivity index (χ4n) is 4.65. The highest BCUT2D eigenvalue weighted by Gasteiger charge is 2.27. The van der Waals surface area contributed by atoms with E-state index < -0.39 is 12.5 Å². The zero-order chi connectivity index (χ0) is 26.5. The Bertz CT molecular complexity index is 1230. The second-order valence-electron chi connectivity index (χ2n) is 9.24. The molecule has 0 spiro atoms. The van der Waals surface area contributed by atoms with E-state index in [2.05, 4.69) is 48.5 Å². The van der Waals surface area contributed by atoms with Gasteiger partial charge in [-0.3, -0.25) is 9.79 Å². The summed E-state index contributed by atoms with van der Waals surface area (Å²) >= 11 is 0. The van der Waals surface area contributed by atoms with E-state index >= 15 is 0 Å². The van der Waals surface area contributed by atoms with E-state index in [9.17, 15) is 13.6 Å². The lowest BCUT2D eigenvalue weighted by atomic mass is 9.96. The Morgan fingerprint density at radius 3 is 2.70 bits per heavy atom. The number of hydrogen-bond acceptors (Lipinski definition) is 5. The largest absolute Gasteiger partial charge is 0.496 e. The van der Waals surface area contributed by atoms with Crippen molar-refractivity contribution >= 4 is 17.8 Å². The summed E-state index contributed by atoms with van der Waals surface area (Å²) in [5.74, 6) is 0.0448. The standard InChI is InChI=1S/C29H33F2N3O3/c1-5-19-9-11-33-23(14-19)20-10-12-34-22(15-20)8-7-18(3)13-24(34)21-16-25(36-4)27(28(35)32-6-2)26(17-21)37-29(30)31/h8,10-19,29H,5-7,9H2,1-4H3,(H,32,35). The van der Waals surface area contributed by atoms with Crippen molar-refractivity contribution in [1.82, 2.24) is 10.2 Å². The van der Waals surface area contributed by atoms with Crippen LogP contribution in [-0.2, 0) is 0 Å². The molecule has 3 aliphatic heterocycles. The van der Waals surface area contributed by atoms with Crippen molar-refractivity contribution in [3.05, 3.63) is 76.8 Å². The predicted octanol–water partition coefficient (Wildman–Crippen LogP) is 6.45. The summed E-state index contributed by atoms with van der Waals surface area (Å²) in [5.41, 5.74) is 4.27. The van der Waals surface area contributed by atoms with Gasteiger partial charge in [0.2, 0.25) is 0 Å². The summed E-state index contributed by atoms with van der Waals surface area (Å²) in [5, 5.41) is 2.64. The van der Waals surface area contributed by atoms with Crippen LogP contribution in [0, 0.1) is 11.8 Å². The van der Waals surface area contributed by atoms with Gasteiger partial charge in [0.25, 0.3) is 5.91 Å². The van der Waals surface area contributed by atoms with Gasteiger partial charge in [-0.25, -0.2) is 0 Å². The molecule has 6 nitrogen and oxygen atoms in total. The summed E-state index contributed by atoms with van der Waals surface area (Å²) in [6.07, 6.45) is 17.4. The van der Waals surface area contributed by atoms with Crippen molar-refractivity contribution < 1.29 is 23.0 Å². The topological polar surface area (TPSA) is 63.2 Å². The molecule has 2 atom stereocenters. The number of ether oxygens (including phenoxy) is 2. The van der Waals surface area contributed by atoms with E-state index in [0.717, 1.165) is 41.9 Å². The van der Waals surface area contributed by atoms with Crippen molar-refractivity contribution in [2.75, 3.05) is 13.7 Å². The average molecular weight is 510 g/mol. The Morgan fingerprint density at radius 1 is 1.22 bits per heavy atom. The zero-order valence-corrected chi connectivity index (χ0v) is 21.6. The molecule has 1 aromatic carbocycles. The van der Waals surface area contributed by atoms with Crippen LogP contribution >= 0.6 is 0 Å². The monoisotopic (exact) mass is 509 g/mol. The number of alkyl halides is 2. The molecule has 0 aliphatic carbocycles. The van der Waals surface area contributed by atoms with Crippen LogP contribution in [0.1, 0.15) is 56.0 Å². The number of fused-ring (bicyclic) bond motifs is 1. The van der Waals surface area contributed by atoms with Gasteiger partial charge in [0.15, 0.2) is 0 Å². The van der Waals surface area contributed by atoms with E-state index in [0.29, 0.717) is 18.0 Å². The number of aliphatic imine (C=N–C) groups is 1. The van der Waals surface area contributed by atoms with Gasteiger partial charge in [-0.05, 0) is 62.3 Å². The van der Waals surface area contributed by atoms with Gasteiger partial charge in [0.05, 0.1) is 12.8 Å². The summed E-state index contributed by atoms with van der Waals surface area (Å²) < 4.78 is 37.0. The second kappa shape index (κ2) is 11.6. The molecule has 0 saturated carbocycles. The van der Waals surface area contributed by atoms with E-state index in [1.54, 1.807) is 13.0 Å². The Hall–Kier alpha value is -3.68. The number of halogens is 2. The van der Waals surface area contributed by atoms with Crippen LogP contribution in [0.25, 0.3) is 5.70 Å². The second-order valence-corrected chi connectivity index (χ2v) is 9.24. The van der Waals surface area contributed by atoms with Crippen LogP contribution in [0.3, 0.4) is 0 Å². The van der Waals surface area contributed by atoms with E-state index in [1.807, 2.05) is 23.4 Å². The first-order valence-electron chi connectivity index (χ1n) is 12.7. The molecule has 37 heavy (non-hydrogen) atoms. The molecule has 3 heterocycles. The van der Waals surface area contributed by atoms with Gasteiger partial charge in [0.1, 0.15) is 17.1 Å². The molecule has 2 unspecified atom stereocenters. The number of hydrogen-bond donors (Lipinski definition) is 1. The molecule has 1 N–H and O–H groups in total. The number of carbonyl (C=O) groups excluding carboxylic acids is 1. The quantitative estimate of drug-likeness (QED) is 0.437. The third-order valence-corrected chi connectivity index (χ3v) is 6.60. The van der Waals surface area contributed by atoms with Gasteiger partial charge in [-0.2, -0.15) is 8.78 Å². The summed E-state index contributed by atoms with van der Waals surface area (Å²) in [7, 11) is 1.40. The molecule has 4 rings (SSSR count). The minimum absolute atomic E-state index is 0.0598. The molecule has 0 bridgehead atoms. The van der Waals surface area contributed by atoms with E-state index in [1.165, 1.54) is 13.2 Å². The number of methoxy groups -OCH3 is 1. The minimum Gasteiger partial charge on any atom is -0.496 e. The van der Waals surface area contributed by atoms with Crippen molar-refractivity contribution in [1.29, 1.82) is 0 Å². The lowest BCUT2D eigenvalue weighted by molar-refractivity contribution is -0.0502. The first-order valence-corrected chi connectivity index (χ1v) is 12.7. The van der Waals surface area contributed by atoms with Crippen molar-refractivity contribution in [3.8, 4) is 11.5 Å². The van der Waals surface area contributed by atoms with Crippen LogP contribution in [0.4, 0.5) is 8.78 Å². The minimum atomic E-state index is -3.10. The maximum absolute atomic E-state index is 13.4. The number of carbonyl (C=O) groups is 1. The Balaban J connectivity index is 1.77. The Labute approximate surface area is 216 Å². The van der Waals surface area contributed by atoms with Crippen molar-refractivity contribution in [2.24, 2.45) is 16.8 Å². The van der Waals surface area contributed by atoms with Gasteiger partial charge in [-0.15, -0.1) is 0 Å². The SMILES string of the molecule is CCNC(=O)c1c(OC)cc(C2=CC(C)CC=C3C=C(C4=CC(CC)CC=N4)C=CN32)cc1OC(F)F. The molecule has 0 aromatic heterocycles. The third-order valence-electron chi connectivity index (χ3n) is 6.60. The van der Waals surface area contributed by atoms with Crippen LogP contribution in [0.15, 0.2) is 70.7 Å². The smallest absolute Gasteiger partial charge is 0.387 e. The fourth-order valence-corrected chi connectivity index (χ4v) is 4.65. The van der Waals surface area contributed by atoms with E-state index in [4.69, 9.17) is 9.47 Å². The van der Waals surface area contributed by atoms with Gasteiger partial charge >= 0.3 is 6.61 Å². The third kappa shape index (κ3) is 5.84. The molecule has 0 radical (unpaired) electrons. The van der Waals surface area contributed by atoms with Crippen molar-refractivity contribution in [3.63, 3.8) is 0 Å². The maximum Gasteiger partial charge on any atom is 0.387 e. The fraction of sp³-hybridized carbons (Fsp3) is 0.379. The summed E-state index contributed by atoms with van der Waals surface area (Å²) in [4.78, 5) is 19.3. The average Bonchev–Trinajstić information content (AvgIpc) is 3.06. The summed E-state index contributed by atoms with van der Waals surface area (Å²) in [6.45, 7) is 3.26. The highest BCUT2D eigenvalue weighted by atomic mass is 19.3. The molecule has 3 aliphatic rings. The molecule has 196 valence electrons. The first kappa shape index (κ1) is 26.4. The number of nitrogens with zero attached hydrogens (tertiary/aromatic N) is 2. The van der Waals surface area contributed by atoms with Crippen LogP contribution in [0.5, 0.6) is 11.5 Å². The number of benzene rings is 1. The molecule has 1 amide bonds. The molecule has 8 heteroatoms. The van der Waals surface area contributed by atoms with Crippen LogP contribution < -0.4 is 14.8 Å². The van der Waals surface area contributed by atoms with Crippen molar-refractivity contribution in [2.45, 2.75) is 46.6 Å². The molecule has 0 saturated heterocycles. The number of amides is 1. The Morgan fingerprint density at radius 2 is 2.00 bits per heavy atom. The van der Waals surface area contributed by atoms with Crippen LogP contribution in [0.2, 0.25) is 0 Å². The lowest BCUT2D eigenvalue weighted by Crippen LogP contribution is -2.25. The highest BCUT2D eigenvalue weighted by Crippen LogP contribution is 2.40. The Kier molecular flexibility index (Phi) is 8.26. The highest BCUT2D eigenvalue weighted by molar-refractivity contribution is 6.00. The van der Waals surface area contributed by atoms with Gasteiger partial charge < -0.3 is 19.7 Å². The number of nitrogens with one attached hydrogen (secondary N) is 1. The molecular weight excluding hydrogens is 476 g/mol. The number of rotatable bonds is 8. The first-order chi connectivity index (χ1) is 17.8. The normalized spacial score (nSPS) is 20.9. The molecule has 0 fully saturated rings. The van der Waals surface area contributed by atoms with Crippen LogP contribution in [-0.4, -0.2) is 37.3 Å². The van der Waals surface area contributed by atoms with E-state index in [-0.39, 0.29) is 23.0 Å². The van der Waals surface area contributed by atoms with Gasteiger partial charge in [-0.1, -0.05) is 32.1 Å². The number of allylic oxidation sites excluding steroid dienone is 5. The zero-order valence-electron chi connectivity index (χ0n) is 21.6. The lowest BCUT2D eigenvalue weighted by Gasteiger charge is -2.29. The summed E-state index contributed by atoms with van der Waals surface area (Å²) in [6, 6.07) is 3.17.